The number of alkyl halides is 3. The van der Waals surface area contributed by atoms with Crippen LogP contribution in [0.2, 0.25) is 0 Å². The van der Waals surface area contributed by atoms with Gasteiger partial charge in [-0.25, -0.2) is 4.98 Å². The molecule has 0 aliphatic heterocycles. The van der Waals surface area contributed by atoms with Crippen LogP contribution in [0, 0.1) is 0 Å². The average molecular weight is 415 g/mol. The first-order valence-corrected chi connectivity index (χ1v) is 9.28. The van der Waals surface area contributed by atoms with Crippen LogP contribution >= 0.6 is 0 Å². The summed E-state index contributed by atoms with van der Waals surface area (Å²) in [6, 6.07) is 13.5. The number of rotatable bonds is 7. The van der Waals surface area contributed by atoms with Gasteiger partial charge in [-0.2, -0.15) is 18.2 Å². The Hall–Kier alpha value is -3.62. The zero-order chi connectivity index (χ0) is 21.6. The van der Waals surface area contributed by atoms with Crippen molar-refractivity contribution in [2.24, 2.45) is 0 Å². The van der Waals surface area contributed by atoms with Gasteiger partial charge in [-0.15, -0.1) is 0 Å². The Labute approximate surface area is 171 Å². The van der Waals surface area contributed by atoms with Gasteiger partial charge in [0.05, 0.1) is 5.56 Å². The van der Waals surface area contributed by atoms with Crippen LogP contribution in [0.3, 0.4) is 0 Å². The molecule has 0 fully saturated rings. The molecule has 3 rings (SSSR count). The number of aromatic nitrogens is 2. The summed E-state index contributed by atoms with van der Waals surface area (Å²) in [5.41, 5.74) is 0.800. The lowest BCUT2D eigenvalue weighted by molar-refractivity contribution is -0.137. The molecular weight excluding hydrogens is 395 g/mol. The van der Waals surface area contributed by atoms with Gasteiger partial charge >= 0.3 is 6.18 Å². The quantitative estimate of drug-likeness (QED) is 0.460. The number of carbonyl (C=O) groups excluding carboxylic acids is 1. The molecule has 6 nitrogen and oxygen atoms in total. The number of nitrogens with zero attached hydrogens (tertiary/aromatic N) is 2. The molecule has 0 atom stereocenters. The molecule has 2 aromatic carbocycles. The molecule has 0 radical (unpaired) electrons. The molecule has 30 heavy (non-hydrogen) atoms. The van der Waals surface area contributed by atoms with Gasteiger partial charge < -0.3 is 16.0 Å². The summed E-state index contributed by atoms with van der Waals surface area (Å²) < 4.78 is 38.6. The van der Waals surface area contributed by atoms with Crippen LogP contribution in [-0.2, 0) is 11.0 Å². The van der Waals surface area contributed by atoms with Crippen LogP contribution in [0.1, 0.15) is 25.3 Å². The maximum absolute atomic E-state index is 12.9. The first-order chi connectivity index (χ1) is 14.3. The van der Waals surface area contributed by atoms with Crippen molar-refractivity contribution >= 4 is 34.7 Å². The third-order valence-electron chi connectivity index (χ3n) is 4.00. The molecule has 156 valence electrons. The van der Waals surface area contributed by atoms with E-state index in [0.717, 1.165) is 18.6 Å². The van der Waals surface area contributed by atoms with E-state index in [9.17, 15) is 18.0 Å². The predicted molar refractivity (Wildman–Crippen MR) is 110 cm³/mol. The highest BCUT2D eigenvalue weighted by molar-refractivity contribution is 5.91. The maximum Gasteiger partial charge on any atom is 0.416 e. The van der Waals surface area contributed by atoms with Crippen molar-refractivity contribution in [1.29, 1.82) is 0 Å². The zero-order valence-corrected chi connectivity index (χ0v) is 16.1. The third kappa shape index (κ3) is 5.94. The van der Waals surface area contributed by atoms with Crippen LogP contribution in [0.5, 0.6) is 0 Å². The van der Waals surface area contributed by atoms with Crippen molar-refractivity contribution < 1.29 is 18.0 Å². The van der Waals surface area contributed by atoms with Crippen molar-refractivity contribution in [2.45, 2.75) is 25.9 Å². The van der Waals surface area contributed by atoms with Gasteiger partial charge in [-0.3, -0.25) is 4.79 Å². The summed E-state index contributed by atoms with van der Waals surface area (Å²) >= 11 is 0. The van der Waals surface area contributed by atoms with Crippen molar-refractivity contribution in [1.82, 2.24) is 9.97 Å². The van der Waals surface area contributed by atoms with Crippen LogP contribution in [0.25, 0.3) is 0 Å². The highest BCUT2D eigenvalue weighted by Gasteiger charge is 2.30. The lowest BCUT2D eigenvalue weighted by Gasteiger charge is -2.11. The van der Waals surface area contributed by atoms with Gasteiger partial charge in [-0.1, -0.05) is 19.1 Å². The largest absolute Gasteiger partial charge is 0.416 e. The van der Waals surface area contributed by atoms with Crippen molar-refractivity contribution in [2.75, 3.05) is 16.0 Å². The summed E-state index contributed by atoms with van der Waals surface area (Å²) in [6.45, 7) is 1.93. The third-order valence-corrected chi connectivity index (χ3v) is 4.00. The number of hydrogen-bond acceptors (Lipinski definition) is 5. The predicted octanol–water partition coefficient (Wildman–Crippen LogP) is 5.72. The molecule has 3 aromatic rings. The number of hydrogen-bond donors (Lipinski definition) is 3. The summed E-state index contributed by atoms with van der Waals surface area (Å²) in [5.74, 6) is 0.515. The molecule has 0 aliphatic rings. The molecule has 0 aliphatic carbocycles. The van der Waals surface area contributed by atoms with Gasteiger partial charge in [-0.05, 0) is 48.9 Å². The number of amides is 1. The number of benzene rings is 2. The molecule has 0 bridgehead atoms. The molecule has 1 aromatic heterocycles. The number of anilines is 5. The average Bonchev–Trinajstić information content (AvgIpc) is 2.68. The SMILES string of the molecule is CCCC(=O)Nc1cccc(Nc2nccc(Nc3cccc(C(F)(F)F)c3)n2)c1. The summed E-state index contributed by atoms with van der Waals surface area (Å²) in [5, 5.41) is 8.67. The molecule has 9 heteroatoms. The second-order valence-electron chi connectivity index (χ2n) is 6.47. The van der Waals surface area contributed by atoms with Crippen LogP contribution in [-0.4, -0.2) is 15.9 Å². The lowest BCUT2D eigenvalue weighted by atomic mass is 10.2. The summed E-state index contributed by atoms with van der Waals surface area (Å²) in [6.07, 6.45) is -1.75. The van der Waals surface area contributed by atoms with Gasteiger partial charge in [0.15, 0.2) is 0 Å². The van der Waals surface area contributed by atoms with E-state index >= 15 is 0 Å². The van der Waals surface area contributed by atoms with E-state index in [1.54, 1.807) is 30.3 Å². The zero-order valence-electron chi connectivity index (χ0n) is 16.1. The van der Waals surface area contributed by atoms with E-state index in [2.05, 4.69) is 25.9 Å². The number of carbonyl (C=O) groups is 1. The van der Waals surface area contributed by atoms with E-state index in [1.807, 2.05) is 6.92 Å². The molecule has 0 unspecified atom stereocenters. The van der Waals surface area contributed by atoms with Crippen LogP contribution in [0.15, 0.2) is 60.8 Å². The van der Waals surface area contributed by atoms with Crippen molar-refractivity contribution in [3.05, 3.63) is 66.4 Å². The topological polar surface area (TPSA) is 78.9 Å². The molecular formula is C21H20F3N5O. The Morgan fingerprint density at radius 1 is 0.967 bits per heavy atom. The minimum Gasteiger partial charge on any atom is -0.340 e. The fraction of sp³-hybridized carbons (Fsp3) is 0.190. The normalized spacial score (nSPS) is 11.1. The minimum atomic E-state index is -4.42. The number of nitrogens with one attached hydrogen (secondary N) is 3. The van der Waals surface area contributed by atoms with Gasteiger partial charge in [0.2, 0.25) is 11.9 Å². The minimum absolute atomic E-state index is 0.0711. The first kappa shape index (κ1) is 21.1. The summed E-state index contributed by atoms with van der Waals surface area (Å²) in [4.78, 5) is 20.1. The Morgan fingerprint density at radius 3 is 2.40 bits per heavy atom. The van der Waals surface area contributed by atoms with E-state index in [4.69, 9.17) is 0 Å². The van der Waals surface area contributed by atoms with Crippen molar-refractivity contribution in [3.63, 3.8) is 0 Å². The smallest absolute Gasteiger partial charge is 0.340 e. The maximum atomic E-state index is 12.9. The van der Waals surface area contributed by atoms with E-state index in [0.29, 0.717) is 23.6 Å². The Morgan fingerprint density at radius 2 is 1.67 bits per heavy atom. The van der Waals surface area contributed by atoms with E-state index < -0.39 is 11.7 Å². The molecule has 3 N–H and O–H groups in total. The monoisotopic (exact) mass is 415 g/mol. The Kier molecular flexibility index (Phi) is 6.51. The lowest BCUT2D eigenvalue weighted by Crippen LogP contribution is -2.10. The second kappa shape index (κ2) is 9.25. The van der Waals surface area contributed by atoms with E-state index in [1.165, 1.54) is 18.3 Å². The molecule has 1 heterocycles. The van der Waals surface area contributed by atoms with Gasteiger partial charge in [0, 0.05) is 29.7 Å². The Balaban J connectivity index is 1.71. The molecule has 1 amide bonds. The highest BCUT2D eigenvalue weighted by Crippen LogP contribution is 2.31. The highest BCUT2D eigenvalue weighted by atomic mass is 19.4. The first-order valence-electron chi connectivity index (χ1n) is 9.28. The van der Waals surface area contributed by atoms with Crippen LogP contribution in [0.4, 0.5) is 42.0 Å². The molecule has 0 spiro atoms. The molecule has 0 saturated carbocycles. The standard InChI is InChI=1S/C21H20F3N5O/c1-2-5-19(30)27-16-8-4-9-17(13-16)28-20-25-11-10-18(29-20)26-15-7-3-6-14(12-15)21(22,23)24/h3-4,6-13H,2,5H2,1H3,(H,27,30)(H2,25,26,28,29). The fourth-order valence-corrected chi connectivity index (χ4v) is 2.66. The molecule has 0 saturated heterocycles. The summed E-state index contributed by atoms with van der Waals surface area (Å²) in [7, 11) is 0. The van der Waals surface area contributed by atoms with Gasteiger partial charge in [0.25, 0.3) is 0 Å². The fourth-order valence-electron chi connectivity index (χ4n) is 2.66. The second-order valence-corrected chi connectivity index (χ2v) is 6.47. The van der Waals surface area contributed by atoms with Crippen LogP contribution < -0.4 is 16.0 Å². The number of halogens is 3. The Bertz CT molecular complexity index is 1020. The van der Waals surface area contributed by atoms with E-state index in [-0.39, 0.29) is 17.5 Å². The van der Waals surface area contributed by atoms with Gasteiger partial charge in [0.1, 0.15) is 5.82 Å². The van der Waals surface area contributed by atoms with Crippen molar-refractivity contribution in [3.8, 4) is 0 Å².